The van der Waals surface area contributed by atoms with Crippen LogP contribution in [0, 0.1) is 5.82 Å². The third-order valence-corrected chi connectivity index (χ3v) is 9.57. The third-order valence-electron chi connectivity index (χ3n) is 8.13. The lowest BCUT2D eigenvalue weighted by molar-refractivity contribution is 0.0542. The molecule has 0 aliphatic carbocycles. The average molecular weight is 594 g/mol. The van der Waals surface area contributed by atoms with Crippen LogP contribution >= 0.6 is 8.38 Å². The van der Waals surface area contributed by atoms with Crippen molar-refractivity contribution in [2.24, 2.45) is 0 Å². The summed E-state index contributed by atoms with van der Waals surface area (Å²) in [7, 11) is 1.99. The minimum atomic E-state index is -1.25. The fourth-order valence-corrected chi connectivity index (χ4v) is 7.00. The number of likely N-dealkylation sites (tertiary alicyclic amines) is 1. The van der Waals surface area contributed by atoms with Crippen LogP contribution in [-0.4, -0.2) is 77.5 Å². The molecule has 12 heteroatoms. The number of H-pyrrole nitrogens is 1. The normalized spacial score (nSPS) is 17.3. The molecule has 0 unspecified atom stereocenters. The fraction of sp³-hybridized carbons (Fsp3) is 0.400. The summed E-state index contributed by atoms with van der Waals surface area (Å²) in [5, 5.41) is 18.1. The number of fused-ring (bicyclic) bond motifs is 1. The van der Waals surface area contributed by atoms with E-state index in [2.05, 4.69) is 30.4 Å². The minimum Gasteiger partial charge on any atom is -0.393 e. The number of hydrogen-bond acceptors (Lipinski definition) is 9. The molecule has 0 atom stereocenters. The number of aromatic nitrogens is 3. The Kier molecular flexibility index (Phi) is 8.83. The lowest BCUT2D eigenvalue weighted by Crippen LogP contribution is -2.48. The van der Waals surface area contributed by atoms with Gasteiger partial charge in [0.1, 0.15) is 17.3 Å². The molecular formula is C30H37FN7O3P. The van der Waals surface area contributed by atoms with Crippen molar-refractivity contribution < 1.29 is 18.5 Å². The molecule has 2 aliphatic heterocycles. The van der Waals surface area contributed by atoms with E-state index in [1.807, 2.05) is 48.7 Å². The zero-order valence-corrected chi connectivity index (χ0v) is 24.8. The Bertz CT molecular complexity index is 1500. The Labute approximate surface area is 246 Å². The van der Waals surface area contributed by atoms with Crippen molar-refractivity contribution in [2.45, 2.75) is 37.8 Å². The van der Waals surface area contributed by atoms with E-state index in [9.17, 15) is 5.11 Å². The van der Waals surface area contributed by atoms with Gasteiger partial charge in [0.05, 0.1) is 28.2 Å². The van der Waals surface area contributed by atoms with Crippen molar-refractivity contribution in [2.75, 3.05) is 55.9 Å². The molecule has 6 rings (SSSR count). The number of aliphatic hydroxyl groups excluding tert-OH is 1. The molecule has 4 N–H and O–H groups in total. The molecule has 2 aromatic heterocycles. The minimum absolute atomic E-state index is 0.164. The van der Waals surface area contributed by atoms with Crippen LogP contribution in [0.15, 0.2) is 54.7 Å². The van der Waals surface area contributed by atoms with E-state index in [-0.39, 0.29) is 11.9 Å². The van der Waals surface area contributed by atoms with E-state index in [0.29, 0.717) is 34.8 Å². The molecule has 42 heavy (non-hydrogen) atoms. The lowest BCUT2D eigenvalue weighted by Gasteiger charge is -2.41. The zero-order chi connectivity index (χ0) is 29.1. The monoisotopic (exact) mass is 593 g/mol. The smallest absolute Gasteiger partial charge is 0.231 e. The van der Waals surface area contributed by atoms with Gasteiger partial charge in [0.15, 0.2) is 0 Å². The van der Waals surface area contributed by atoms with E-state index in [0.717, 1.165) is 68.2 Å². The van der Waals surface area contributed by atoms with Gasteiger partial charge in [-0.1, -0.05) is 12.1 Å². The van der Waals surface area contributed by atoms with Crippen molar-refractivity contribution in [3.8, 4) is 0 Å². The van der Waals surface area contributed by atoms with Gasteiger partial charge in [0, 0.05) is 58.3 Å². The number of nitrogens with one attached hydrogen (secondary N) is 3. The van der Waals surface area contributed by atoms with Gasteiger partial charge in [-0.2, -0.15) is 9.97 Å². The van der Waals surface area contributed by atoms with Crippen LogP contribution in [0.4, 0.5) is 33.2 Å². The molecule has 2 saturated heterocycles. The number of anilines is 5. The Morgan fingerprint density at radius 3 is 2.45 bits per heavy atom. The summed E-state index contributed by atoms with van der Waals surface area (Å²) in [4.78, 5) is 17.1. The lowest BCUT2D eigenvalue weighted by atomic mass is 9.98. The summed E-state index contributed by atoms with van der Waals surface area (Å²) in [6.45, 7) is 3.51. The van der Waals surface area contributed by atoms with Crippen LogP contribution in [0.2, 0.25) is 0 Å². The highest BCUT2D eigenvalue weighted by molar-refractivity contribution is 7.56. The Morgan fingerprint density at radius 2 is 1.71 bits per heavy atom. The molecule has 4 aromatic rings. The summed E-state index contributed by atoms with van der Waals surface area (Å²) in [5.41, 5.74) is 2.64. The first kappa shape index (κ1) is 28.8. The van der Waals surface area contributed by atoms with E-state index < -0.39 is 8.38 Å². The number of para-hydroxylation sites is 1. The molecule has 2 aliphatic rings. The molecule has 222 valence electrons. The molecular weight excluding hydrogens is 556 g/mol. The highest BCUT2D eigenvalue weighted by Crippen LogP contribution is 2.39. The van der Waals surface area contributed by atoms with Crippen molar-refractivity contribution in [1.29, 1.82) is 0 Å². The average Bonchev–Trinajstić information content (AvgIpc) is 3.48. The first-order chi connectivity index (χ1) is 20.5. The Hall–Kier alpha value is -3.34. The van der Waals surface area contributed by atoms with E-state index in [1.165, 1.54) is 6.07 Å². The van der Waals surface area contributed by atoms with Crippen molar-refractivity contribution in [3.05, 3.63) is 60.5 Å². The summed E-state index contributed by atoms with van der Waals surface area (Å²) >= 11 is 0. The number of hydrogen-bond donors (Lipinski definition) is 4. The van der Waals surface area contributed by atoms with Gasteiger partial charge in [-0.3, -0.25) is 0 Å². The Morgan fingerprint density at radius 1 is 0.952 bits per heavy atom. The van der Waals surface area contributed by atoms with Crippen LogP contribution in [-0.2, 0) is 9.05 Å². The number of halogens is 1. The topological polar surface area (TPSA) is 111 Å². The van der Waals surface area contributed by atoms with Crippen LogP contribution in [0.25, 0.3) is 11.0 Å². The van der Waals surface area contributed by atoms with E-state index in [4.69, 9.17) is 14.0 Å². The summed E-state index contributed by atoms with van der Waals surface area (Å²) in [6.07, 6.45) is 5.32. The molecule has 2 fully saturated rings. The van der Waals surface area contributed by atoms with Gasteiger partial charge < -0.3 is 39.6 Å². The van der Waals surface area contributed by atoms with Crippen molar-refractivity contribution in [3.63, 3.8) is 0 Å². The van der Waals surface area contributed by atoms with Gasteiger partial charge in [-0.25, -0.2) is 4.39 Å². The van der Waals surface area contributed by atoms with Crippen LogP contribution in [0.1, 0.15) is 25.7 Å². The maximum atomic E-state index is 15.4. The molecule has 0 saturated carbocycles. The highest BCUT2D eigenvalue weighted by Gasteiger charge is 2.28. The summed E-state index contributed by atoms with van der Waals surface area (Å²) in [5.74, 6) is 0.659. The fourth-order valence-electron chi connectivity index (χ4n) is 5.92. The van der Waals surface area contributed by atoms with Crippen molar-refractivity contribution >= 4 is 53.5 Å². The molecule has 4 heterocycles. The van der Waals surface area contributed by atoms with Crippen LogP contribution in [0.5, 0.6) is 0 Å². The molecule has 0 bridgehead atoms. The summed E-state index contributed by atoms with van der Waals surface area (Å²) < 4.78 is 26.5. The van der Waals surface area contributed by atoms with Gasteiger partial charge in [-0.05, 0) is 62.1 Å². The number of nitrogens with zero attached hydrogens (tertiary/aromatic N) is 4. The number of benzene rings is 2. The predicted molar refractivity (Wildman–Crippen MR) is 166 cm³/mol. The standard InChI is InChI=1S/C30H37FN7O3P/c1-40-42(41-2)27-6-4-3-5-25(27)34-29-23-9-14-32-28(23)35-30(36-29)33-20-7-8-26(24(31)19-20)38-15-10-21(11-16-38)37-17-12-22(39)13-18-37/h3-9,14,19,21-22,39H,10-13,15-18H2,1-2H3,(H3,32,33,34,35,36). The second-order valence-corrected chi connectivity index (χ2v) is 12.4. The molecule has 10 nitrogen and oxygen atoms in total. The predicted octanol–water partition coefficient (Wildman–Crippen LogP) is 5.24. The number of rotatable bonds is 9. The second kappa shape index (κ2) is 12.9. The van der Waals surface area contributed by atoms with Gasteiger partial charge in [-0.15, -0.1) is 0 Å². The Balaban J connectivity index is 1.16. The summed E-state index contributed by atoms with van der Waals surface area (Å²) in [6, 6.07) is 15.4. The second-order valence-electron chi connectivity index (χ2n) is 10.7. The SMILES string of the molecule is COP(OC)c1ccccc1Nc1nc(Nc2ccc(N3CCC(N4CCC(O)CC4)CC3)c(F)c2)nc2[nH]ccc12. The largest absolute Gasteiger partial charge is 0.393 e. The van der Waals surface area contributed by atoms with E-state index >= 15 is 4.39 Å². The number of aromatic amines is 1. The molecule has 0 amide bonds. The molecule has 2 aromatic carbocycles. The quantitative estimate of drug-likeness (QED) is 0.194. The van der Waals surface area contributed by atoms with Crippen molar-refractivity contribution in [1.82, 2.24) is 19.9 Å². The van der Waals surface area contributed by atoms with Crippen LogP contribution in [0.3, 0.4) is 0 Å². The van der Waals surface area contributed by atoms with Gasteiger partial charge in [0.2, 0.25) is 14.3 Å². The third kappa shape index (κ3) is 6.21. The number of piperidine rings is 2. The first-order valence-corrected chi connectivity index (χ1v) is 15.5. The molecule has 0 radical (unpaired) electrons. The highest BCUT2D eigenvalue weighted by atomic mass is 31.2. The van der Waals surface area contributed by atoms with Gasteiger partial charge in [0.25, 0.3) is 0 Å². The zero-order valence-electron chi connectivity index (χ0n) is 23.9. The number of aliphatic hydroxyl groups is 1. The molecule has 0 spiro atoms. The maximum Gasteiger partial charge on any atom is 0.231 e. The van der Waals surface area contributed by atoms with Crippen LogP contribution < -0.4 is 20.8 Å². The van der Waals surface area contributed by atoms with E-state index in [1.54, 1.807) is 14.2 Å². The first-order valence-electron chi connectivity index (χ1n) is 14.4. The maximum absolute atomic E-state index is 15.4. The van der Waals surface area contributed by atoms with Gasteiger partial charge >= 0.3 is 0 Å².